The number of aromatic nitrogens is 2. The van der Waals surface area contributed by atoms with Crippen molar-refractivity contribution in [3.63, 3.8) is 0 Å². The molecule has 38 heavy (non-hydrogen) atoms. The fourth-order valence-corrected chi connectivity index (χ4v) is 10.6. The number of primary amides is 1. The summed E-state index contributed by atoms with van der Waals surface area (Å²) in [5.41, 5.74) is 11.7. The minimum absolute atomic E-state index is 0.132. The fourth-order valence-electron chi connectivity index (χ4n) is 6.36. The van der Waals surface area contributed by atoms with Gasteiger partial charge in [0.05, 0.1) is 5.92 Å². The van der Waals surface area contributed by atoms with Crippen LogP contribution >= 0.6 is 11.6 Å². The van der Waals surface area contributed by atoms with Gasteiger partial charge in [0.1, 0.15) is 0 Å². The fraction of sp³-hybridized carbons (Fsp3) is 0.536. The summed E-state index contributed by atoms with van der Waals surface area (Å²) in [6.45, 7) is 0.872. The molecule has 1 aromatic heterocycles. The van der Waals surface area contributed by atoms with Gasteiger partial charge in [-0.05, 0) is 18.3 Å². The van der Waals surface area contributed by atoms with Gasteiger partial charge in [0.2, 0.25) is 5.91 Å². The average Bonchev–Trinajstić information content (AvgIpc) is 3.44. The van der Waals surface area contributed by atoms with Gasteiger partial charge in [-0.15, -0.1) is 0 Å². The predicted molar refractivity (Wildman–Crippen MR) is 153 cm³/mol. The Bertz CT molecular complexity index is 1210. The Balaban J connectivity index is 1.34. The molecule has 0 saturated heterocycles. The summed E-state index contributed by atoms with van der Waals surface area (Å²) >= 11 is 5.55. The molecule has 1 aromatic carbocycles. The number of halogens is 1. The van der Waals surface area contributed by atoms with Crippen LogP contribution in [0.15, 0.2) is 30.5 Å². The molecule has 0 aliphatic heterocycles. The molecule has 4 N–H and O–H groups in total. The molecule has 0 radical (unpaired) electrons. The molecule has 3 aliphatic carbocycles. The maximum absolute atomic E-state index is 12.2. The molecule has 204 valence electrons. The van der Waals surface area contributed by atoms with Gasteiger partial charge in [-0.1, -0.05) is 12.2 Å². The molecule has 2 unspecified atom stereocenters. The van der Waals surface area contributed by atoms with E-state index in [0.717, 1.165) is 42.0 Å². The number of ether oxygens (including phenoxy) is 2. The Morgan fingerprint density at radius 3 is 2.76 bits per heavy atom. The van der Waals surface area contributed by atoms with Gasteiger partial charge in [0, 0.05) is 0 Å². The number of carbonyl (C=O) groups excluding carboxylic acids is 1. The first-order chi connectivity index (χ1) is 18.4. The van der Waals surface area contributed by atoms with Gasteiger partial charge in [0.25, 0.3) is 0 Å². The third kappa shape index (κ3) is 5.54. The van der Waals surface area contributed by atoms with Gasteiger partial charge in [-0.25, -0.2) is 0 Å². The van der Waals surface area contributed by atoms with E-state index in [-0.39, 0.29) is 29.7 Å². The van der Waals surface area contributed by atoms with Crippen molar-refractivity contribution in [1.82, 2.24) is 9.97 Å². The molecule has 1 heterocycles. The van der Waals surface area contributed by atoms with E-state index >= 15 is 0 Å². The van der Waals surface area contributed by atoms with Crippen LogP contribution in [-0.4, -0.2) is 57.4 Å². The molecule has 10 heteroatoms. The number of methoxy groups -OCH3 is 2. The first-order valence-corrected chi connectivity index (χ1v) is 18.0. The molecule has 2 bridgehead atoms. The molecule has 1 saturated carbocycles. The first-order valence-electron chi connectivity index (χ1n) is 13.3. The van der Waals surface area contributed by atoms with Crippen LogP contribution in [0.1, 0.15) is 30.4 Å². The number of nitrogens with one attached hydrogen (secondary N) is 2. The Labute approximate surface area is 234 Å². The number of hydrogen-bond acceptors (Lipinski definition) is 7. The number of nitrogens with two attached hydrogens (primary N) is 1. The van der Waals surface area contributed by atoms with E-state index in [1.54, 1.807) is 20.4 Å². The van der Waals surface area contributed by atoms with Gasteiger partial charge in [-0.2, -0.15) is 0 Å². The Hall–Kier alpha value is -2.28. The van der Waals surface area contributed by atoms with Gasteiger partial charge < -0.3 is 5.73 Å². The number of allylic oxidation sites excluding steroid dienone is 1. The second kappa shape index (κ2) is 11.8. The number of hydrogen-bond donors (Lipinski definition) is 3. The summed E-state index contributed by atoms with van der Waals surface area (Å²) < 4.78 is 12.1. The van der Waals surface area contributed by atoms with Crippen molar-refractivity contribution >= 4 is 49.6 Å². The van der Waals surface area contributed by atoms with Crippen LogP contribution < -0.4 is 21.1 Å². The van der Waals surface area contributed by atoms with E-state index in [1.807, 2.05) is 0 Å². The SMILES string of the molecule is COCC[As](C)C1CCc2ccc(Nc3ncc(Cl)c(N[C@H]4[C@@H](C(N)=O)[C@@H]5C=C[C@H]4C5)n3)c(OC)c2CC1. The van der Waals surface area contributed by atoms with Crippen molar-refractivity contribution in [2.24, 2.45) is 23.5 Å². The third-order valence-corrected chi connectivity index (χ3v) is 14.2. The van der Waals surface area contributed by atoms with Crippen LogP contribution in [0.25, 0.3) is 0 Å². The molecule has 2 aromatic rings. The maximum atomic E-state index is 12.2. The van der Waals surface area contributed by atoms with Crippen molar-refractivity contribution < 1.29 is 14.3 Å². The van der Waals surface area contributed by atoms with E-state index in [1.165, 1.54) is 29.2 Å². The quantitative estimate of drug-likeness (QED) is 0.200. The number of rotatable bonds is 10. The molecule has 3 aliphatic rings. The summed E-state index contributed by atoms with van der Waals surface area (Å²) in [6, 6.07) is 4.13. The summed E-state index contributed by atoms with van der Waals surface area (Å²) in [4.78, 5) is 21.2. The second-order valence-corrected chi connectivity index (χ2v) is 16.6. The molecule has 5 rings (SSSR count). The number of aryl methyl sites for hydroxylation is 1. The van der Waals surface area contributed by atoms with E-state index in [4.69, 9.17) is 26.8 Å². The zero-order valence-electron chi connectivity index (χ0n) is 22.2. The van der Waals surface area contributed by atoms with Crippen LogP contribution in [0.5, 0.6) is 5.75 Å². The summed E-state index contributed by atoms with van der Waals surface area (Å²) in [7, 11) is 3.52. The summed E-state index contributed by atoms with van der Waals surface area (Å²) in [6.07, 6.45) is 11.3. The third-order valence-electron chi connectivity index (χ3n) is 8.39. The average molecular weight is 602 g/mol. The number of benzene rings is 1. The minimum atomic E-state index is -0.922. The molecule has 8 nitrogen and oxygen atoms in total. The standard InChI is InChI=1S/C28H37AsClN5O3/c1-29(12-13-37-2)19-8-6-16-7-11-22(25(38-3)20(16)10-9-19)33-28-32-15-21(30)27(35-28)34-24-18-5-4-17(14-18)23(24)26(31)36/h4-5,7,11,15,17-19,23-24H,6,8-10,12-14H2,1-3H3,(H2,31,36)(H2,32,33,34,35)/t17-,18+,19?,23+,24-,29?/m1/s1. The topological polar surface area (TPSA) is 111 Å². The van der Waals surface area contributed by atoms with Crippen LogP contribution in [-0.2, 0) is 22.4 Å². The van der Waals surface area contributed by atoms with E-state index in [0.29, 0.717) is 16.8 Å². The van der Waals surface area contributed by atoms with Crippen LogP contribution in [0.2, 0.25) is 20.6 Å². The second-order valence-electron chi connectivity index (χ2n) is 10.6. The molecule has 6 atom stereocenters. The number of fused-ring (bicyclic) bond motifs is 3. The first kappa shape index (κ1) is 27.3. The zero-order valence-corrected chi connectivity index (χ0v) is 24.9. The van der Waals surface area contributed by atoms with E-state index in [2.05, 4.69) is 50.6 Å². The van der Waals surface area contributed by atoms with Crippen LogP contribution in [0.4, 0.5) is 17.5 Å². The van der Waals surface area contributed by atoms with Gasteiger partial charge in [0.15, 0.2) is 0 Å². The van der Waals surface area contributed by atoms with Gasteiger partial charge >= 0.3 is 182 Å². The summed E-state index contributed by atoms with van der Waals surface area (Å²) in [5.74, 6) is 1.59. The molecule has 1 fully saturated rings. The van der Waals surface area contributed by atoms with E-state index < -0.39 is 14.7 Å². The molecule has 1 amide bonds. The van der Waals surface area contributed by atoms with E-state index in [9.17, 15) is 4.79 Å². The van der Waals surface area contributed by atoms with Crippen LogP contribution in [0.3, 0.4) is 0 Å². The molecular formula is C28H37AsClN5O3. The van der Waals surface area contributed by atoms with Crippen molar-refractivity contribution in [1.29, 1.82) is 0 Å². The molecule has 0 spiro atoms. The number of nitrogens with zero attached hydrogens (tertiary/aromatic N) is 2. The number of anilines is 3. The van der Waals surface area contributed by atoms with Crippen LogP contribution in [0, 0.1) is 17.8 Å². The Morgan fingerprint density at radius 1 is 1.21 bits per heavy atom. The van der Waals surface area contributed by atoms with Crippen molar-refractivity contribution in [3.8, 4) is 5.75 Å². The molecular weight excluding hydrogens is 565 g/mol. The Kier molecular flexibility index (Phi) is 8.51. The van der Waals surface area contributed by atoms with Crippen molar-refractivity contribution in [2.75, 3.05) is 31.5 Å². The predicted octanol–water partition coefficient (Wildman–Crippen LogP) is 4.99. The van der Waals surface area contributed by atoms with Crippen molar-refractivity contribution in [3.05, 3.63) is 46.6 Å². The van der Waals surface area contributed by atoms with Crippen molar-refractivity contribution in [2.45, 2.75) is 53.8 Å². The monoisotopic (exact) mass is 601 g/mol. The summed E-state index contributed by atoms with van der Waals surface area (Å²) in [5, 5.41) is 8.40. The number of carbonyl (C=O) groups is 1. The van der Waals surface area contributed by atoms with Gasteiger partial charge in [-0.3, -0.25) is 4.79 Å². The number of amides is 1. The Morgan fingerprint density at radius 2 is 2.00 bits per heavy atom. The zero-order chi connectivity index (χ0) is 26.8. The normalized spacial score (nSPS) is 26.5.